The fourth-order valence-electron chi connectivity index (χ4n) is 3.40. The van der Waals surface area contributed by atoms with Crippen LogP contribution in [0.1, 0.15) is 24.1 Å². The van der Waals surface area contributed by atoms with Crippen LogP contribution in [0.5, 0.6) is 0 Å². The van der Waals surface area contributed by atoms with Gasteiger partial charge < -0.3 is 11.1 Å². The van der Waals surface area contributed by atoms with Crippen molar-refractivity contribution in [3.8, 4) is 17.2 Å². The highest BCUT2D eigenvalue weighted by molar-refractivity contribution is 6.35. The van der Waals surface area contributed by atoms with E-state index in [1.807, 2.05) is 31.2 Å². The molecule has 8 heteroatoms. The summed E-state index contributed by atoms with van der Waals surface area (Å²) >= 11 is 6.35. The van der Waals surface area contributed by atoms with E-state index in [4.69, 9.17) is 17.3 Å². The number of hydrogen-bond donors (Lipinski definition) is 2. The molecule has 2 aromatic heterocycles. The second kappa shape index (κ2) is 7.93. The summed E-state index contributed by atoms with van der Waals surface area (Å²) in [4.78, 5) is 12.5. The summed E-state index contributed by atoms with van der Waals surface area (Å²) < 4.78 is 14.0. The van der Waals surface area contributed by atoms with Gasteiger partial charge in [0.2, 0.25) is 0 Å². The maximum Gasteiger partial charge on any atom is 0.150 e. The Hall–Kier alpha value is -3.76. The van der Waals surface area contributed by atoms with Crippen molar-refractivity contribution in [1.29, 1.82) is 5.26 Å². The number of pyridine rings is 1. The summed E-state index contributed by atoms with van der Waals surface area (Å²) in [6.07, 6.45) is 2.99. The van der Waals surface area contributed by atoms with Crippen molar-refractivity contribution >= 4 is 34.1 Å². The zero-order chi connectivity index (χ0) is 21.3. The molecule has 0 aliphatic heterocycles. The number of nitrogens with one attached hydrogen (secondary N) is 1. The van der Waals surface area contributed by atoms with E-state index in [0.717, 1.165) is 16.5 Å². The lowest BCUT2D eigenvalue weighted by atomic mass is 9.93. The highest BCUT2D eigenvalue weighted by Gasteiger charge is 2.19. The van der Waals surface area contributed by atoms with Gasteiger partial charge in [0.05, 0.1) is 16.6 Å². The third-order valence-electron chi connectivity index (χ3n) is 4.80. The van der Waals surface area contributed by atoms with Crippen molar-refractivity contribution < 1.29 is 4.39 Å². The monoisotopic (exact) mass is 418 g/mol. The van der Waals surface area contributed by atoms with Gasteiger partial charge in [0.1, 0.15) is 35.4 Å². The molecular formula is C22H16ClFN6. The first kappa shape index (κ1) is 19.6. The fourth-order valence-corrected chi connectivity index (χ4v) is 3.62. The molecule has 0 fully saturated rings. The Morgan fingerprint density at radius 1 is 1.17 bits per heavy atom. The van der Waals surface area contributed by atoms with E-state index in [1.54, 1.807) is 18.3 Å². The number of rotatable bonds is 4. The van der Waals surface area contributed by atoms with Gasteiger partial charge in [0.25, 0.3) is 0 Å². The molecule has 6 nitrogen and oxygen atoms in total. The molecule has 4 rings (SSSR count). The second-order valence-corrected chi connectivity index (χ2v) is 7.10. The van der Waals surface area contributed by atoms with Crippen LogP contribution in [0.3, 0.4) is 0 Å². The van der Waals surface area contributed by atoms with Gasteiger partial charge in [-0.05, 0) is 36.2 Å². The molecule has 0 saturated carbocycles. The number of nitriles is 1. The summed E-state index contributed by atoms with van der Waals surface area (Å²) in [6.45, 7) is 1.90. The minimum absolute atomic E-state index is 0.0935. The Labute approximate surface area is 177 Å². The zero-order valence-electron chi connectivity index (χ0n) is 15.9. The van der Waals surface area contributed by atoms with Gasteiger partial charge in [-0.2, -0.15) is 5.26 Å². The summed E-state index contributed by atoms with van der Waals surface area (Å²) in [6, 6.07) is 13.5. The van der Waals surface area contributed by atoms with Crippen LogP contribution in [0, 0.1) is 17.1 Å². The summed E-state index contributed by atoms with van der Waals surface area (Å²) in [5, 5.41) is 13.9. The number of hydrogen-bond acceptors (Lipinski definition) is 6. The molecule has 0 spiro atoms. The van der Waals surface area contributed by atoms with E-state index < -0.39 is 0 Å². The van der Waals surface area contributed by atoms with Gasteiger partial charge in [0, 0.05) is 17.1 Å². The normalized spacial score (nSPS) is 11.8. The van der Waals surface area contributed by atoms with Crippen molar-refractivity contribution in [3.63, 3.8) is 0 Å². The Morgan fingerprint density at radius 2 is 1.97 bits per heavy atom. The molecule has 148 valence electrons. The van der Waals surface area contributed by atoms with Gasteiger partial charge in [-0.15, -0.1) is 0 Å². The van der Waals surface area contributed by atoms with E-state index in [9.17, 15) is 9.65 Å². The van der Waals surface area contributed by atoms with E-state index in [2.05, 4.69) is 20.3 Å². The lowest BCUT2D eigenvalue weighted by Gasteiger charge is -2.21. The lowest BCUT2D eigenvalue weighted by Crippen LogP contribution is -2.12. The average Bonchev–Trinajstić information content (AvgIpc) is 2.73. The predicted octanol–water partition coefficient (Wildman–Crippen LogP) is 5.11. The Kier molecular flexibility index (Phi) is 5.17. The molecule has 0 aliphatic rings. The number of halogens is 2. The van der Waals surface area contributed by atoms with Crippen LogP contribution in [0.25, 0.3) is 22.0 Å². The van der Waals surface area contributed by atoms with Crippen LogP contribution in [-0.4, -0.2) is 15.0 Å². The minimum atomic E-state index is -0.346. The Bertz CT molecular complexity index is 1300. The maximum atomic E-state index is 14.0. The van der Waals surface area contributed by atoms with Crippen LogP contribution >= 0.6 is 11.6 Å². The molecule has 0 amide bonds. The average molecular weight is 419 g/mol. The molecule has 1 atom stereocenters. The number of fused-ring (bicyclic) bond motifs is 1. The topological polar surface area (TPSA) is 101 Å². The number of nitrogen functional groups attached to an aromatic ring is 1. The minimum Gasteiger partial charge on any atom is -0.382 e. The summed E-state index contributed by atoms with van der Waals surface area (Å²) in [5.74, 6) is 0.0613. The number of nitrogens with two attached hydrogens (primary N) is 1. The largest absolute Gasteiger partial charge is 0.382 e. The molecule has 0 aliphatic carbocycles. The first-order valence-corrected chi connectivity index (χ1v) is 9.47. The third-order valence-corrected chi connectivity index (χ3v) is 5.10. The van der Waals surface area contributed by atoms with Crippen molar-refractivity contribution in [2.45, 2.75) is 13.0 Å². The number of benzene rings is 2. The third kappa shape index (κ3) is 3.49. The van der Waals surface area contributed by atoms with Crippen LogP contribution < -0.4 is 11.1 Å². The molecule has 0 bridgehead atoms. The zero-order valence-corrected chi connectivity index (χ0v) is 16.7. The van der Waals surface area contributed by atoms with Crippen LogP contribution in [0.15, 0.2) is 55.0 Å². The molecule has 3 N–H and O–H groups in total. The highest BCUT2D eigenvalue weighted by Crippen LogP contribution is 2.37. The van der Waals surface area contributed by atoms with Crippen LogP contribution in [0.2, 0.25) is 5.02 Å². The van der Waals surface area contributed by atoms with Gasteiger partial charge in [0.15, 0.2) is 0 Å². The first-order valence-electron chi connectivity index (χ1n) is 9.09. The Balaban J connectivity index is 1.90. The molecule has 4 aromatic rings. The van der Waals surface area contributed by atoms with E-state index in [0.29, 0.717) is 21.9 Å². The summed E-state index contributed by atoms with van der Waals surface area (Å²) in [7, 11) is 0. The van der Waals surface area contributed by atoms with Gasteiger partial charge >= 0.3 is 0 Å². The number of para-hydroxylation sites is 1. The Morgan fingerprint density at radius 3 is 2.73 bits per heavy atom. The second-order valence-electron chi connectivity index (χ2n) is 6.70. The molecule has 0 saturated heterocycles. The summed E-state index contributed by atoms with van der Waals surface area (Å²) in [5.41, 5.74) is 8.85. The quantitative estimate of drug-likeness (QED) is 0.477. The molecule has 0 radical (unpaired) electrons. The molecular weight excluding hydrogens is 403 g/mol. The van der Waals surface area contributed by atoms with E-state index in [1.165, 1.54) is 18.5 Å². The standard InChI is InChI=1S/C22H16ClFN6/c1-12(30-22-16(9-25)21(26)28-11-29-22)17-10-27-20-15(6-3-7-18(20)23)19(17)13-4-2-5-14(24)8-13/h2-8,10-12H,1H3,(H3,26,28,29,30)/t12-/m0/s1. The van der Waals surface area contributed by atoms with Gasteiger partial charge in [-0.1, -0.05) is 35.9 Å². The van der Waals surface area contributed by atoms with Crippen LogP contribution in [0.4, 0.5) is 16.0 Å². The maximum absolute atomic E-state index is 14.0. The smallest absolute Gasteiger partial charge is 0.150 e. The SMILES string of the molecule is C[C@H](Nc1ncnc(N)c1C#N)c1cnc2c(Cl)cccc2c1-c1cccc(F)c1. The molecule has 2 aromatic carbocycles. The molecule has 0 unspecified atom stereocenters. The number of nitrogens with zero attached hydrogens (tertiary/aromatic N) is 4. The van der Waals surface area contributed by atoms with Crippen molar-refractivity contribution in [2.24, 2.45) is 0 Å². The van der Waals surface area contributed by atoms with Crippen molar-refractivity contribution in [1.82, 2.24) is 15.0 Å². The van der Waals surface area contributed by atoms with E-state index >= 15 is 0 Å². The van der Waals surface area contributed by atoms with E-state index in [-0.39, 0.29) is 23.2 Å². The van der Waals surface area contributed by atoms with Crippen molar-refractivity contribution in [2.75, 3.05) is 11.1 Å². The molecule has 30 heavy (non-hydrogen) atoms. The van der Waals surface area contributed by atoms with Gasteiger partial charge in [-0.3, -0.25) is 4.98 Å². The molecule has 2 heterocycles. The first-order chi connectivity index (χ1) is 14.5. The number of aromatic nitrogens is 3. The van der Waals surface area contributed by atoms with Crippen molar-refractivity contribution in [3.05, 3.63) is 77.0 Å². The highest BCUT2D eigenvalue weighted by atomic mass is 35.5. The van der Waals surface area contributed by atoms with Crippen LogP contribution in [-0.2, 0) is 0 Å². The predicted molar refractivity (Wildman–Crippen MR) is 115 cm³/mol. The fraction of sp³-hybridized carbons (Fsp3) is 0.0909. The lowest BCUT2D eigenvalue weighted by molar-refractivity contribution is 0.628. The van der Waals surface area contributed by atoms with Gasteiger partial charge in [-0.25, -0.2) is 14.4 Å². The number of anilines is 2.